The Morgan fingerprint density at radius 1 is 2.50 bits per heavy atom. The van der Waals surface area contributed by atoms with E-state index in [9.17, 15) is 4.79 Å². The normalized spacial score (nSPS) is 8.75. The number of hydrogen-bond acceptors (Lipinski definition) is 2. The van der Waals surface area contributed by atoms with Crippen molar-refractivity contribution in [2.45, 2.75) is 0 Å². The van der Waals surface area contributed by atoms with E-state index in [1.165, 1.54) is 0 Å². The summed E-state index contributed by atoms with van der Waals surface area (Å²) < 4.78 is 7.75. The summed E-state index contributed by atoms with van der Waals surface area (Å²) in [7, 11) is 0. The van der Waals surface area contributed by atoms with Crippen molar-refractivity contribution in [3.8, 4) is 0 Å². The van der Waals surface area contributed by atoms with Gasteiger partial charge in [0.1, 0.15) is 1.37 Å². The Balaban J connectivity index is 2.85. The van der Waals surface area contributed by atoms with Gasteiger partial charge in [0.15, 0.2) is 0 Å². The van der Waals surface area contributed by atoms with Crippen LogP contribution in [-0.4, -0.2) is 6.39 Å². The summed E-state index contributed by atoms with van der Waals surface area (Å²) in [6.07, 6.45) is -0.881. The predicted octanol–water partition coefficient (Wildman–Crippen LogP) is -0.423. The molecule has 3 heteroatoms. The van der Waals surface area contributed by atoms with Gasteiger partial charge in [-0.25, -0.2) is 0 Å². The van der Waals surface area contributed by atoms with E-state index in [4.69, 9.17) is 1.37 Å². The van der Waals surface area contributed by atoms with Gasteiger partial charge >= 0.3 is 0 Å². The smallest absolute Gasteiger partial charge is 0.216 e. The molecule has 24 valence electrons. The Morgan fingerprint density at radius 3 is 2.75 bits per heavy atom. The van der Waals surface area contributed by atoms with Crippen LogP contribution in [0.5, 0.6) is 0 Å². The summed E-state index contributed by atoms with van der Waals surface area (Å²) in [5, 5.41) is 0. The van der Waals surface area contributed by atoms with Gasteiger partial charge in [-0.3, -0.25) is 4.79 Å². The molecule has 0 aromatic rings. The van der Waals surface area contributed by atoms with Crippen molar-refractivity contribution in [3.05, 3.63) is 0 Å². The molecule has 0 aromatic heterocycles. The lowest BCUT2D eigenvalue weighted by Crippen LogP contribution is -1.87. The first-order valence-corrected chi connectivity index (χ1v) is 1.12. The number of amides is 1. The average molecular weight is 79.1 g/mol. The molecule has 0 saturated heterocycles. The molecule has 0 heterocycles. The Bertz CT molecular complexity index is 46.9. The number of thiol groups is 1. The zero-order chi connectivity index (χ0) is 4.28. The standard InChI is InChI=1S/CH3NOS/c3-1-2-4/h1,4H,(H,2,3)/i1T. The Morgan fingerprint density at radius 2 is 2.75 bits per heavy atom. The second-order valence-electron chi connectivity index (χ2n) is 0.214. The van der Waals surface area contributed by atoms with Crippen LogP contribution in [0.2, 0.25) is 0 Å². The maximum absolute atomic E-state index is 9.29. The van der Waals surface area contributed by atoms with Gasteiger partial charge < -0.3 is 4.72 Å². The monoisotopic (exact) mass is 79.0 g/mol. The summed E-state index contributed by atoms with van der Waals surface area (Å²) in [6, 6.07) is 0. The van der Waals surface area contributed by atoms with E-state index in [0.717, 1.165) is 0 Å². The zero-order valence-electron chi connectivity index (χ0n) is 2.86. The highest BCUT2D eigenvalue weighted by molar-refractivity contribution is 7.78. The third-order valence-electron chi connectivity index (χ3n) is 0.0456. The average Bonchev–Trinajstić information content (AvgIpc) is 1.38. The van der Waals surface area contributed by atoms with Crippen LogP contribution in [-0.2, 0) is 4.79 Å². The molecular formula is CH3NOS. The lowest BCUT2D eigenvalue weighted by atomic mass is 11.5. The van der Waals surface area contributed by atoms with Gasteiger partial charge in [-0.1, -0.05) is 12.8 Å². The Labute approximate surface area is 31.1 Å². The topological polar surface area (TPSA) is 29.1 Å². The summed E-state index contributed by atoms with van der Waals surface area (Å²) in [4.78, 5) is 9.29. The Hall–Kier alpha value is -0.180. The highest BCUT2D eigenvalue weighted by atomic mass is 32.1. The molecule has 0 atom stereocenters. The number of carbonyl (C=O) groups excluding carboxylic acids is 1. The second kappa shape index (κ2) is 2.82. The van der Waals surface area contributed by atoms with Crippen LogP contribution in [0.3, 0.4) is 0 Å². The molecule has 0 radical (unpaired) electrons. The summed E-state index contributed by atoms with van der Waals surface area (Å²) >= 11 is 3.23. The van der Waals surface area contributed by atoms with Crippen molar-refractivity contribution < 1.29 is 6.17 Å². The molecule has 2 nitrogen and oxygen atoms in total. The van der Waals surface area contributed by atoms with E-state index in [1.807, 2.05) is 0 Å². The fraction of sp³-hybridized carbons (Fsp3) is 0. The molecule has 0 aliphatic rings. The number of nitrogens with one attached hydrogen (secondary N) is 1. The number of hydrogen-bond donors (Lipinski definition) is 2. The molecule has 0 fully saturated rings. The number of rotatable bonds is 0. The molecule has 1 N–H and O–H groups in total. The van der Waals surface area contributed by atoms with Crippen LogP contribution in [0.4, 0.5) is 0 Å². The summed E-state index contributed by atoms with van der Waals surface area (Å²) in [5.41, 5.74) is 0. The van der Waals surface area contributed by atoms with Crippen LogP contribution in [0, 0.1) is 0 Å². The molecule has 0 bridgehead atoms. The highest BCUT2D eigenvalue weighted by Gasteiger charge is 1.44. The molecule has 0 unspecified atom stereocenters. The first-order valence-electron chi connectivity index (χ1n) is 1.18. The zero-order valence-corrected chi connectivity index (χ0v) is 2.75. The van der Waals surface area contributed by atoms with Crippen LogP contribution >= 0.6 is 12.8 Å². The van der Waals surface area contributed by atoms with Gasteiger partial charge in [0.05, 0.1) is 0 Å². The fourth-order valence-electron chi connectivity index (χ4n) is 0. The first-order chi connectivity index (χ1) is 2.27. The van der Waals surface area contributed by atoms with Crippen LogP contribution in [0.25, 0.3) is 0 Å². The molecular weight excluding hydrogens is 74.1 g/mol. The van der Waals surface area contributed by atoms with E-state index < -0.39 is 6.39 Å². The van der Waals surface area contributed by atoms with Crippen molar-refractivity contribution in [1.29, 1.82) is 0 Å². The predicted molar refractivity (Wildman–Crippen MR) is 18.2 cm³/mol. The maximum Gasteiger partial charge on any atom is 0.216 e. The largest absolute Gasteiger partial charge is 0.305 e. The van der Waals surface area contributed by atoms with E-state index in [-0.39, 0.29) is 0 Å². The van der Waals surface area contributed by atoms with Crippen molar-refractivity contribution in [2.75, 3.05) is 0 Å². The first kappa shape index (κ1) is 2.08. The van der Waals surface area contributed by atoms with Gasteiger partial charge in [0.25, 0.3) is 0 Å². The van der Waals surface area contributed by atoms with Gasteiger partial charge in [-0.15, -0.1) is 0 Å². The lowest BCUT2D eigenvalue weighted by molar-refractivity contribution is -0.107. The van der Waals surface area contributed by atoms with Crippen molar-refractivity contribution >= 4 is 19.2 Å². The molecule has 0 aliphatic heterocycles. The third kappa shape index (κ3) is 1.82. The minimum absolute atomic E-state index is 0.881. The van der Waals surface area contributed by atoms with Crippen LogP contribution < -0.4 is 4.72 Å². The molecule has 4 heavy (non-hydrogen) atoms. The maximum atomic E-state index is 9.29. The van der Waals surface area contributed by atoms with Crippen LogP contribution in [0.1, 0.15) is 1.37 Å². The Kier molecular flexibility index (Phi) is 1.47. The van der Waals surface area contributed by atoms with E-state index in [1.54, 1.807) is 4.72 Å². The molecule has 0 rings (SSSR count). The van der Waals surface area contributed by atoms with E-state index in [0.29, 0.717) is 0 Å². The van der Waals surface area contributed by atoms with Gasteiger partial charge in [0, 0.05) is 0 Å². The molecule has 0 saturated carbocycles. The highest BCUT2D eigenvalue weighted by Crippen LogP contribution is 1.39. The molecule has 0 spiro atoms. The summed E-state index contributed by atoms with van der Waals surface area (Å²) in [6.45, 7) is 0. The van der Waals surface area contributed by atoms with Crippen LogP contribution in [0.15, 0.2) is 0 Å². The minimum atomic E-state index is -0.881. The van der Waals surface area contributed by atoms with Gasteiger partial charge in [0.2, 0.25) is 6.39 Å². The molecule has 0 aromatic carbocycles. The molecule has 0 aliphatic carbocycles. The second-order valence-corrected chi connectivity index (χ2v) is 0.437. The van der Waals surface area contributed by atoms with Crippen molar-refractivity contribution in [3.63, 3.8) is 0 Å². The van der Waals surface area contributed by atoms with Gasteiger partial charge in [-0.05, 0) is 0 Å². The van der Waals surface area contributed by atoms with E-state index in [2.05, 4.69) is 12.8 Å². The molecule has 1 amide bonds. The quantitative estimate of drug-likeness (QED) is 0.299. The van der Waals surface area contributed by atoms with Crippen molar-refractivity contribution in [1.82, 2.24) is 4.72 Å². The third-order valence-corrected chi connectivity index (χ3v) is 0.137. The summed E-state index contributed by atoms with van der Waals surface area (Å²) in [5.74, 6) is 0. The minimum Gasteiger partial charge on any atom is -0.305 e. The van der Waals surface area contributed by atoms with E-state index >= 15 is 0 Å². The SMILES string of the molecule is [3H]C(=O)NS. The van der Waals surface area contributed by atoms with Gasteiger partial charge in [-0.2, -0.15) is 0 Å². The van der Waals surface area contributed by atoms with Crippen molar-refractivity contribution in [2.24, 2.45) is 0 Å². The lowest BCUT2D eigenvalue weighted by Gasteiger charge is -1.63. The number of carbonyl (C=O) groups is 1. The fourth-order valence-corrected chi connectivity index (χ4v) is 0.